The molecular formula is C5H4O6S. The molecule has 1 heterocycles. The Bertz CT molecular complexity index is 361. The van der Waals surface area contributed by atoms with Crippen LogP contribution in [-0.2, 0) is 28.6 Å². The van der Waals surface area contributed by atoms with Gasteiger partial charge in [0, 0.05) is 0 Å². The number of esters is 2. The van der Waals surface area contributed by atoms with Gasteiger partial charge in [-0.25, -0.2) is 9.59 Å². The Balaban J connectivity index is 3.14. The molecule has 7 heteroatoms. The van der Waals surface area contributed by atoms with E-state index in [1.807, 2.05) is 0 Å². The van der Waals surface area contributed by atoms with Gasteiger partial charge >= 0.3 is 22.1 Å². The van der Waals surface area contributed by atoms with Crippen LogP contribution in [0.5, 0.6) is 0 Å². The van der Waals surface area contributed by atoms with Crippen molar-refractivity contribution in [2.75, 3.05) is 7.11 Å². The molecule has 0 amide bonds. The van der Waals surface area contributed by atoms with E-state index in [0.29, 0.717) is 6.08 Å². The van der Waals surface area contributed by atoms with Gasteiger partial charge in [-0.1, -0.05) is 0 Å². The molecule has 0 spiro atoms. The van der Waals surface area contributed by atoms with E-state index in [1.165, 1.54) is 0 Å². The van der Waals surface area contributed by atoms with Crippen molar-refractivity contribution in [3.63, 3.8) is 0 Å². The van der Waals surface area contributed by atoms with E-state index in [2.05, 4.69) is 8.92 Å². The molecule has 1 rings (SSSR count). The molecule has 0 aromatic carbocycles. The SMILES string of the molecule is COS(=O)(=O)C1=CC(=O)OC1=O. The van der Waals surface area contributed by atoms with Crippen molar-refractivity contribution >= 4 is 22.1 Å². The van der Waals surface area contributed by atoms with Crippen molar-refractivity contribution in [1.82, 2.24) is 0 Å². The zero-order valence-corrected chi connectivity index (χ0v) is 6.75. The highest BCUT2D eigenvalue weighted by Gasteiger charge is 2.34. The maximum atomic E-state index is 10.8. The van der Waals surface area contributed by atoms with Crippen LogP contribution in [0.4, 0.5) is 0 Å². The summed E-state index contributed by atoms with van der Waals surface area (Å²) in [6, 6.07) is 0. The first-order chi connectivity index (χ1) is 5.47. The Labute approximate surface area is 67.9 Å². The molecule has 1 aliphatic heterocycles. The lowest BCUT2D eigenvalue weighted by molar-refractivity contribution is -0.150. The fraction of sp³-hybridized carbons (Fsp3) is 0.200. The molecule has 0 fully saturated rings. The average molecular weight is 192 g/mol. The summed E-state index contributed by atoms with van der Waals surface area (Å²) in [4.78, 5) is 20.2. The van der Waals surface area contributed by atoms with Crippen molar-refractivity contribution in [2.24, 2.45) is 0 Å². The van der Waals surface area contributed by atoms with Crippen LogP contribution in [-0.4, -0.2) is 27.5 Å². The van der Waals surface area contributed by atoms with Crippen LogP contribution in [0.2, 0.25) is 0 Å². The summed E-state index contributed by atoms with van der Waals surface area (Å²) in [5.74, 6) is -2.21. The fourth-order valence-electron chi connectivity index (χ4n) is 0.601. The van der Waals surface area contributed by atoms with Gasteiger partial charge in [-0.15, -0.1) is 0 Å². The Morgan fingerprint density at radius 2 is 2.00 bits per heavy atom. The smallest absolute Gasteiger partial charge is 0.360 e. The lowest BCUT2D eigenvalue weighted by Gasteiger charge is -1.96. The van der Waals surface area contributed by atoms with Gasteiger partial charge < -0.3 is 4.74 Å². The molecule has 0 saturated heterocycles. The Kier molecular flexibility index (Phi) is 1.99. The minimum atomic E-state index is -4.11. The van der Waals surface area contributed by atoms with Gasteiger partial charge in [0.2, 0.25) is 0 Å². The summed E-state index contributed by atoms with van der Waals surface area (Å²) in [6.45, 7) is 0. The lowest BCUT2D eigenvalue weighted by atomic mass is 10.6. The highest BCUT2D eigenvalue weighted by molar-refractivity contribution is 7.91. The minimum absolute atomic E-state index is 0.571. The third kappa shape index (κ3) is 1.36. The first-order valence-corrected chi connectivity index (χ1v) is 4.16. The molecule has 6 nitrogen and oxygen atoms in total. The summed E-state index contributed by atoms with van der Waals surface area (Å²) in [5, 5.41) is 0. The van der Waals surface area contributed by atoms with Crippen LogP contribution in [0.1, 0.15) is 0 Å². The molecular weight excluding hydrogens is 188 g/mol. The Morgan fingerprint density at radius 3 is 2.33 bits per heavy atom. The van der Waals surface area contributed by atoms with Gasteiger partial charge in [0.1, 0.15) is 0 Å². The normalized spacial score (nSPS) is 17.6. The van der Waals surface area contributed by atoms with Crippen LogP contribution < -0.4 is 0 Å². The summed E-state index contributed by atoms with van der Waals surface area (Å²) in [5.41, 5.74) is 0. The van der Waals surface area contributed by atoms with Crippen LogP contribution >= 0.6 is 0 Å². The maximum Gasteiger partial charge on any atom is 0.360 e. The molecule has 12 heavy (non-hydrogen) atoms. The number of carbonyl (C=O) groups is 2. The molecule has 0 atom stereocenters. The largest absolute Gasteiger partial charge is 0.386 e. The van der Waals surface area contributed by atoms with E-state index >= 15 is 0 Å². The topological polar surface area (TPSA) is 86.7 Å². The Morgan fingerprint density at radius 1 is 1.42 bits per heavy atom. The molecule has 0 aliphatic carbocycles. The van der Waals surface area contributed by atoms with E-state index in [0.717, 1.165) is 7.11 Å². The molecule has 0 saturated carbocycles. The second kappa shape index (κ2) is 2.68. The van der Waals surface area contributed by atoms with E-state index in [4.69, 9.17) is 0 Å². The number of ether oxygens (including phenoxy) is 1. The molecule has 0 aromatic heterocycles. The van der Waals surface area contributed by atoms with Gasteiger partial charge in [-0.05, 0) is 0 Å². The standard InChI is InChI=1S/C5H4O6S/c1-10-12(8,9)3-2-4(6)11-5(3)7/h2H,1H3. The highest BCUT2D eigenvalue weighted by atomic mass is 32.2. The second-order valence-corrected chi connectivity index (χ2v) is 3.52. The van der Waals surface area contributed by atoms with Crippen molar-refractivity contribution in [2.45, 2.75) is 0 Å². The van der Waals surface area contributed by atoms with E-state index < -0.39 is 27.0 Å². The summed E-state index contributed by atoms with van der Waals surface area (Å²) < 4.78 is 29.6. The van der Waals surface area contributed by atoms with Crippen LogP contribution in [0.25, 0.3) is 0 Å². The van der Waals surface area contributed by atoms with Crippen LogP contribution in [0, 0.1) is 0 Å². The van der Waals surface area contributed by atoms with Gasteiger partial charge in [0.15, 0.2) is 4.91 Å². The molecule has 0 bridgehead atoms. The maximum absolute atomic E-state index is 10.8. The highest BCUT2D eigenvalue weighted by Crippen LogP contribution is 2.15. The van der Waals surface area contributed by atoms with Gasteiger partial charge in [0.05, 0.1) is 13.2 Å². The predicted octanol–water partition coefficient (Wildman–Crippen LogP) is -1.07. The van der Waals surface area contributed by atoms with Crippen molar-refractivity contribution < 1.29 is 26.9 Å². The fourth-order valence-corrected chi connectivity index (χ4v) is 1.27. The van der Waals surface area contributed by atoms with Gasteiger partial charge in [-0.2, -0.15) is 8.42 Å². The average Bonchev–Trinajstić information content (AvgIpc) is 2.31. The molecule has 1 aliphatic rings. The number of cyclic esters (lactones) is 2. The molecule has 66 valence electrons. The monoisotopic (exact) mass is 192 g/mol. The van der Waals surface area contributed by atoms with Crippen LogP contribution in [0.3, 0.4) is 0 Å². The Hall–Kier alpha value is -1.21. The number of rotatable bonds is 2. The summed E-state index contributed by atoms with van der Waals surface area (Å²) >= 11 is 0. The van der Waals surface area contributed by atoms with E-state index in [-0.39, 0.29) is 0 Å². The van der Waals surface area contributed by atoms with E-state index in [1.54, 1.807) is 0 Å². The first-order valence-electron chi connectivity index (χ1n) is 2.76. The van der Waals surface area contributed by atoms with Gasteiger partial charge in [-0.3, -0.25) is 4.18 Å². The van der Waals surface area contributed by atoms with E-state index in [9.17, 15) is 18.0 Å². The molecule has 0 radical (unpaired) electrons. The van der Waals surface area contributed by atoms with Crippen LogP contribution in [0.15, 0.2) is 11.0 Å². The third-order valence-electron chi connectivity index (χ3n) is 1.13. The number of carbonyl (C=O) groups excluding carboxylic acids is 2. The van der Waals surface area contributed by atoms with Gasteiger partial charge in [0.25, 0.3) is 0 Å². The van der Waals surface area contributed by atoms with Crippen molar-refractivity contribution in [3.05, 3.63) is 11.0 Å². The van der Waals surface area contributed by atoms with Crippen molar-refractivity contribution in [3.8, 4) is 0 Å². The summed E-state index contributed by atoms with van der Waals surface area (Å²) in [6.07, 6.45) is 0.571. The molecule has 0 N–H and O–H groups in total. The number of hydrogen-bond donors (Lipinski definition) is 0. The lowest BCUT2D eigenvalue weighted by Crippen LogP contribution is -2.12. The molecule has 0 aromatic rings. The molecule has 0 unspecified atom stereocenters. The first kappa shape index (κ1) is 8.88. The predicted molar refractivity (Wildman–Crippen MR) is 35.1 cm³/mol. The third-order valence-corrected chi connectivity index (χ3v) is 2.39. The zero-order valence-electron chi connectivity index (χ0n) is 5.94. The van der Waals surface area contributed by atoms with Crippen molar-refractivity contribution in [1.29, 1.82) is 0 Å². The summed E-state index contributed by atoms with van der Waals surface area (Å²) in [7, 11) is -3.23. The zero-order chi connectivity index (χ0) is 9.35. The second-order valence-electron chi connectivity index (χ2n) is 1.84. The minimum Gasteiger partial charge on any atom is -0.386 e. The number of hydrogen-bond acceptors (Lipinski definition) is 6. The quantitative estimate of drug-likeness (QED) is 0.314.